The maximum Gasteiger partial charge on any atom is 0.323 e. The molecule has 1 amide bonds. The minimum Gasteiger partial charge on any atom is -0.480 e. The van der Waals surface area contributed by atoms with Crippen molar-refractivity contribution in [3.8, 4) is 0 Å². The summed E-state index contributed by atoms with van der Waals surface area (Å²) >= 11 is 0. The maximum absolute atomic E-state index is 12.0. The summed E-state index contributed by atoms with van der Waals surface area (Å²) in [6.07, 6.45) is 0. The minimum atomic E-state index is -1.01. The smallest absolute Gasteiger partial charge is 0.323 e. The third-order valence-corrected chi connectivity index (χ3v) is 2.89. The molecule has 0 saturated carbocycles. The Bertz CT molecular complexity index is 443. The number of carboxylic acids is 1. The van der Waals surface area contributed by atoms with Gasteiger partial charge in [0.2, 0.25) is 0 Å². The zero-order chi connectivity index (χ0) is 13.2. The van der Waals surface area contributed by atoms with Gasteiger partial charge >= 0.3 is 5.97 Å². The lowest BCUT2D eigenvalue weighted by Crippen LogP contribution is -2.32. The molecule has 0 aliphatic heterocycles. The third-order valence-electron chi connectivity index (χ3n) is 2.89. The molecule has 92 valence electrons. The first-order chi connectivity index (χ1) is 7.82. The van der Waals surface area contributed by atoms with Gasteiger partial charge in [0.15, 0.2) is 0 Å². The number of aliphatic carboxylic acids is 1. The van der Waals surface area contributed by atoms with Gasteiger partial charge in [-0.1, -0.05) is 0 Å². The number of rotatable bonds is 3. The van der Waals surface area contributed by atoms with Gasteiger partial charge in [-0.15, -0.1) is 0 Å². The molecule has 1 rings (SSSR count). The fraction of sp³-hybridized carbons (Fsp3) is 0.385. The molecule has 0 aromatic heterocycles. The van der Waals surface area contributed by atoms with Gasteiger partial charge in [0, 0.05) is 12.6 Å². The van der Waals surface area contributed by atoms with Crippen LogP contribution in [0.5, 0.6) is 0 Å². The predicted molar refractivity (Wildman–Crippen MR) is 65.2 cm³/mol. The molecule has 0 heterocycles. The summed E-state index contributed by atoms with van der Waals surface area (Å²) < 4.78 is 0. The van der Waals surface area contributed by atoms with E-state index >= 15 is 0 Å². The molecule has 17 heavy (non-hydrogen) atoms. The average molecular weight is 235 g/mol. The number of carboxylic acid groups (broad SMARTS) is 1. The summed E-state index contributed by atoms with van der Waals surface area (Å²) in [5.41, 5.74) is 3.77. The van der Waals surface area contributed by atoms with Crippen LogP contribution in [0, 0.1) is 20.8 Å². The standard InChI is InChI=1S/C13H17NO3/c1-8-5-11(6-9(2)10(8)3)13(17)14(4)7-12(15)16/h5-6H,7H2,1-4H3,(H,15,16). The summed E-state index contributed by atoms with van der Waals surface area (Å²) in [4.78, 5) is 23.7. The van der Waals surface area contributed by atoms with Crippen LogP contribution in [0.1, 0.15) is 27.0 Å². The predicted octanol–water partition coefficient (Wildman–Crippen LogP) is 1.77. The largest absolute Gasteiger partial charge is 0.480 e. The first kappa shape index (κ1) is 13.2. The molecule has 1 N–H and O–H groups in total. The summed E-state index contributed by atoms with van der Waals surface area (Å²) in [5.74, 6) is -1.28. The Labute approximate surface area is 101 Å². The normalized spacial score (nSPS) is 10.1. The Balaban J connectivity index is 3.01. The van der Waals surface area contributed by atoms with Crippen LogP contribution in [0.3, 0.4) is 0 Å². The van der Waals surface area contributed by atoms with Crippen LogP contribution >= 0.6 is 0 Å². The van der Waals surface area contributed by atoms with E-state index < -0.39 is 5.97 Å². The summed E-state index contributed by atoms with van der Waals surface area (Å²) in [5, 5.41) is 8.64. The molecule has 0 bridgehead atoms. The Morgan fingerprint density at radius 3 is 2.06 bits per heavy atom. The summed E-state index contributed by atoms with van der Waals surface area (Å²) in [6.45, 7) is 5.59. The van der Waals surface area contributed by atoms with Crippen molar-refractivity contribution >= 4 is 11.9 Å². The fourth-order valence-electron chi connectivity index (χ4n) is 1.65. The van der Waals surface area contributed by atoms with E-state index in [0.29, 0.717) is 5.56 Å². The van der Waals surface area contributed by atoms with Crippen molar-refractivity contribution < 1.29 is 14.7 Å². The number of aryl methyl sites for hydroxylation is 2. The molecule has 4 heteroatoms. The van der Waals surface area contributed by atoms with Crippen molar-refractivity contribution in [3.05, 3.63) is 34.4 Å². The van der Waals surface area contributed by atoms with Gasteiger partial charge in [-0.2, -0.15) is 0 Å². The number of amides is 1. The molecule has 0 saturated heterocycles. The van der Waals surface area contributed by atoms with E-state index in [4.69, 9.17) is 5.11 Å². The van der Waals surface area contributed by atoms with Crippen LogP contribution in [0.25, 0.3) is 0 Å². The Kier molecular flexibility index (Phi) is 3.89. The van der Waals surface area contributed by atoms with E-state index in [1.165, 1.54) is 11.9 Å². The number of benzene rings is 1. The molecule has 1 aromatic rings. The number of hydrogen-bond acceptors (Lipinski definition) is 2. The lowest BCUT2D eigenvalue weighted by atomic mass is 10.00. The molecule has 0 radical (unpaired) electrons. The molecule has 0 atom stereocenters. The SMILES string of the molecule is Cc1cc(C(=O)N(C)CC(=O)O)cc(C)c1C. The van der Waals surface area contributed by atoms with E-state index in [1.54, 1.807) is 12.1 Å². The molecular formula is C13H17NO3. The van der Waals surface area contributed by atoms with Crippen molar-refractivity contribution in [2.45, 2.75) is 20.8 Å². The first-order valence-corrected chi connectivity index (χ1v) is 5.38. The highest BCUT2D eigenvalue weighted by molar-refractivity contribution is 5.96. The molecule has 0 aliphatic carbocycles. The van der Waals surface area contributed by atoms with E-state index in [9.17, 15) is 9.59 Å². The molecule has 0 unspecified atom stereocenters. The second-order valence-corrected chi connectivity index (χ2v) is 4.29. The van der Waals surface area contributed by atoms with Crippen LogP contribution in [0.2, 0.25) is 0 Å². The van der Waals surface area contributed by atoms with E-state index in [0.717, 1.165) is 16.7 Å². The van der Waals surface area contributed by atoms with Gasteiger partial charge < -0.3 is 10.0 Å². The lowest BCUT2D eigenvalue weighted by molar-refractivity contribution is -0.137. The molecule has 1 aromatic carbocycles. The van der Waals surface area contributed by atoms with Crippen molar-refractivity contribution in [2.75, 3.05) is 13.6 Å². The van der Waals surface area contributed by atoms with Gasteiger partial charge in [-0.05, 0) is 49.6 Å². The Hall–Kier alpha value is -1.84. The van der Waals surface area contributed by atoms with E-state index in [-0.39, 0.29) is 12.5 Å². The topological polar surface area (TPSA) is 57.6 Å². The number of nitrogens with zero attached hydrogens (tertiary/aromatic N) is 1. The highest BCUT2D eigenvalue weighted by atomic mass is 16.4. The van der Waals surface area contributed by atoms with Gasteiger partial charge in [0.1, 0.15) is 6.54 Å². The molecule has 0 aliphatic rings. The zero-order valence-electron chi connectivity index (χ0n) is 10.6. The second kappa shape index (κ2) is 4.99. The number of carbonyl (C=O) groups excluding carboxylic acids is 1. The van der Waals surface area contributed by atoms with Crippen LogP contribution in [-0.2, 0) is 4.79 Å². The quantitative estimate of drug-likeness (QED) is 0.868. The molecule has 0 fully saturated rings. The third kappa shape index (κ3) is 3.06. The van der Waals surface area contributed by atoms with Gasteiger partial charge in [-0.25, -0.2) is 0 Å². The van der Waals surface area contributed by atoms with Gasteiger partial charge in [-0.3, -0.25) is 9.59 Å². The average Bonchev–Trinajstić information content (AvgIpc) is 2.23. The molecular weight excluding hydrogens is 218 g/mol. The second-order valence-electron chi connectivity index (χ2n) is 4.29. The molecule has 4 nitrogen and oxygen atoms in total. The zero-order valence-corrected chi connectivity index (χ0v) is 10.6. The van der Waals surface area contributed by atoms with Crippen LogP contribution < -0.4 is 0 Å². The van der Waals surface area contributed by atoms with Crippen LogP contribution in [0.4, 0.5) is 0 Å². The fourth-order valence-corrected chi connectivity index (χ4v) is 1.65. The van der Waals surface area contributed by atoms with Crippen molar-refractivity contribution in [1.82, 2.24) is 4.90 Å². The minimum absolute atomic E-state index is 0.265. The first-order valence-electron chi connectivity index (χ1n) is 5.38. The van der Waals surface area contributed by atoms with E-state index in [1.807, 2.05) is 20.8 Å². The van der Waals surface area contributed by atoms with Crippen molar-refractivity contribution in [1.29, 1.82) is 0 Å². The van der Waals surface area contributed by atoms with E-state index in [2.05, 4.69) is 0 Å². The van der Waals surface area contributed by atoms with Crippen molar-refractivity contribution in [3.63, 3.8) is 0 Å². The van der Waals surface area contributed by atoms with Crippen LogP contribution in [0.15, 0.2) is 12.1 Å². The summed E-state index contributed by atoms with van der Waals surface area (Å²) in [7, 11) is 1.49. The Morgan fingerprint density at radius 1 is 1.18 bits per heavy atom. The van der Waals surface area contributed by atoms with Gasteiger partial charge in [0.05, 0.1) is 0 Å². The highest BCUT2D eigenvalue weighted by Gasteiger charge is 2.15. The van der Waals surface area contributed by atoms with Gasteiger partial charge in [0.25, 0.3) is 5.91 Å². The number of carbonyl (C=O) groups is 2. The van der Waals surface area contributed by atoms with Crippen molar-refractivity contribution in [2.24, 2.45) is 0 Å². The summed E-state index contributed by atoms with van der Waals surface area (Å²) in [6, 6.07) is 3.59. The van der Waals surface area contributed by atoms with Crippen LogP contribution in [-0.4, -0.2) is 35.5 Å². The molecule has 0 spiro atoms. The number of likely N-dealkylation sites (N-methyl/N-ethyl adjacent to an activating group) is 1. The lowest BCUT2D eigenvalue weighted by Gasteiger charge is -2.16. The Morgan fingerprint density at radius 2 is 1.65 bits per heavy atom. The maximum atomic E-state index is 12.0. The number of hydrogen-bond donors (Lipinski definition) is 1. The monoisotopic (exact) mass is 235 g/mol. The highest BCUT2D eigenvalue weighted by Crippen LogP contribution is 2.16.